The summed E-state index contributed by atoms with van der Waals surface area (Å²) in [6, 6.07) is 12.1. The summed E-state index contributed by atoms with van der Waals surface area (Å²) in [6.45, 7) is 5.98. The highest BCUT2D eigenvalue weighted by atomic mass is 32.2. The van der Waals surface area contributed by atoms with Gasteiger partial charge in [0.05, 0.1) is 37.4 Å². The molecular formula is C41H53N5O8S. The van der Waals surface area contributed by atoms with E-state index >= 15 is 0 Å². The standard InChI is InChI=1S/C41H53N5O8S/c1-24-8-12-32-26(15-24)7-6-14-41(32)22-46-19-28-9-11-30(28)35(51-4)17-29-18-36(47)54-37(29)25(2)21-55(50,44-39(49)31-20-45(3)42-40(31)52-5)43-38(48)27-10-13-34(53-23-41)33(46)16-27/h8,10,12-13,15-16,20,25,28-30,35-37,47H,6-7,9,11,14,17-19,21-23H2,1-5H3,(H,43,44,48,49,50)/t25-,28+,29+,30-,35+,36?,37-,41+,55?/m1/s1. The summed E-state index contributed by atoms with van der Waals surface area (Å²) in [7, 11) is 1.03. The number of carbonyl (C=O) groups is 2. The van der Waals surface area contributed by atoms with Crippen LogP contribution in [0.15, 0.2) is 47.0 Å². The van der Waals surface area contributed by atoms with Crippen LogP contribution in [0.4, 0.5) is 5.69 Å². The molecule has 1 saturated heterocycles. The minimum absolute atomic E-state index is 0.0529. The number of amides is 2. The largest absolute Gasteiger partial charge is 0.490 e. The van der Waals surface area contributed by atoms with Gasteiger partial charge in [-0.15, -0.1) is 9.46 Å². The van der Waals surface area contributed by atoms with E-state index in [4.69, 9.17) is 18.9 Å². The molecule has 3 aliphatic heterocycles. The molecule has 2 amide bonds. The molecule has 13 nitrogen and oxygen atoms in total. The predicted octanol–water partition coefficient (Wildman–Crippen LogP) is 4.97. The molecular weight excluding hydrogens is 723 g/mol. The molecule has 2 unspecified atom stereocenters. The summed E-state index contributed by atoms with van der Waals surface area (Å²) in [6.07, 6.45) is 6.11. The molecule has 1 spiro atoms. The summed E-state index contributed by atoms with van der Waals surface area (Å²) in [5, 5.41) is 15.0. The molecule has 0 radical (unpaired) electrons. The Morgan fingerprint density at radius 2 is 1.96 bits per heavy atom. The first-order valence-corrected chi connectivity index (χ1v) is 21.2. The SMILES string of the molecule is COc1nn(C)cc1C(=O)NS1(=O)=NC(=O)c2ccc3c(c2)N(C[C@@H]2CC[C@H]2[C@@H](OC)C[C@H]2CC(O)O[C@@H]2[C@H](C)C1)C[C@@]1(CCCc2cc(C)ccc21)CO3. The zero-order valence-electron chi connectivity index (χ0n) is 32.4. The monoisotopic (exact) mass is 775 g/mol. The van der Waals surface area contributed by atoms with Gasteiger partial charge in [-0.05, 0) is 98.4 Å². The van der Waals surface area contributed by atoms with E-state index in [1.54, 1.807) is 20.2 Å². The number of ether oxygens (including phenoxy) is 4. The third-order valence-corrected chi connectivity index (χ3v) is 14.7. The maximum Gasteiger partial charge on any atom is 0.286 e. The summed E-state index contributed by atoms with van der Waals surface area (Å²) in [5.74, 6) is -0.826. The van der Waals surface area contributed by atoms with E-state index in [9.17, 15) is 18.9 Å². The molecule has 55 heavy (non-hydrogen) atoms. The zero-order valence-corrected chi connectivity index (χ0v) is 33.2. The van der Waals surface area contributed by atoms with Gasteiger partial charge in [0.15, 0.2) is 6.29 Å². The molecule has 4 heterocycles. The van der Waals surface area contributed by atoms with Gasteiger partial charge < -0.3 is 29.0 Å². The second-order valence-corrected chi connectivity index (χ2v) is 18.5. The smallest absolute Gasteiger partial charge is 0.286 e. The number of anilines is 1. The van der Waals surface area contributed by atoms with Crippen LogP contribution in [-0.4, -0.2) is 89.1 Å². The molecule has 5 aliphatic rings. The van der Waals surface area contributed by atoms with Crippen molar-refractivity contribution < 1.29 is 37.9 Å². The molecule has 2 aromatic carbocycles. The molecule has 8 rings (SSSR count). The van der Waals surface area contributed by atoms with E-state index in [2.05, 4.69) is 44.2 Å². The maximum atomic E-state index is 15.0. The van der Waals surface area contributed by atoms with Gasteiger partial charge in [-0.25, -0.2) is 4.21 Å². The van der Waals surface area contributed by atoms with Crippen LogP contribution in [0.25, 0.3) is 0 Å². The van der Waals surface area contributed by atoms with Crippen molar-refractivity contribution >= 4 is 27.4 Å². The van der Waals surface area contributed by atoms with Crippen LogP contribution in [-0.2, 0) is 38.3 Å². The van der Waals surface area contributed by atoms with Crippen molar-refractivity contribution in [1.29, 1.82) is 0 Å². The third-order valence-electron chi connectivity index (χ3n) is 12.8. The number of carbonyl (C=O) groups excluding carboxylic acids is 2. The van der Waals surface area contributed by atoms with Gasteiger partial charge in [-0.2, -0.15) is 0 Å². The second-order valence-electron chi connectivity index (χ2n) is 16.5. The number of aliphatic hydroxyl groups excluding tert-OH is 1. The number of aromatic nitrogens is 2. The first-order valence-electron chi connectivity index (χ1n) is 19.5. The van der Waals surface area contributed by atoms with Crippen LogP contribution >= 0.6 is 0 Å². The van der Waals surface area contributed by atoms with Crippen molar-refractivity contribution in [2.45, 2.75) is 82.7 Å². The van der Waals surface area contributed by atoms with Gasteiger partial charge in [0.2, 0.25) is 5.88 Å². The minimum Gasteiger partial charge on any atom is -0.490 e. The second kappa shape index (κ2) is 14.8. The van der Waals surface area contributed by atoms with Crippen molar-refractivity contribution in [2.75, 3.05) is 44.6 Å². The Bertz CT molecular complexity index is 2100. The highest BCUT2D eigenvalue weighted by Crippen LogP contribution is 2.48. The Balaban J connectivity index is 1.22. The molecule has 2 N–H and O–H groups in total. The first kappa shape index (κ1) is 37.9. The molecule has 1 aromatic heterocycles. The van der Waals surface area contributed by atoms with Gasteiger partial charge in [-0.3, -0.25) is 19.0 Å². The van der Waals surface area contributed by atoms with Gasteiger partial charge >= 0.3 is 0 Å². The van der Waals surface area contributed by atoms with E-state index in [0.29, 0.717) is 37.7 Å². The number of hydrogen-bond donors (Lipinski definition) is 2. The van der Waals surface area contributed by atoms with Crippen LogP contribution in [0.3, 0.4) is 0 Å². The fourth-order valence-corrected chi connectivity index (χ4v) is 11.9. The number of aliphatic hydroxyl groups is 1. The molecule has 2 fully saturated rings. The number of nitrogens with one attached hydrogen (secondary N) is 1. The Morgan fingerprint density at radius 1 is 1.13 bits per heavy atom. The molecule has 1 saturated carbocycles. The number of hydrogen-bond acceptors (Lipinski definition) is 10. The lowest BCUT2D eigenvalue weighted by Gasteiger charge is -2.47. The van der Waals surface area contributed by atoms with Crippen LogP contribution in [0.1, 0.15) is 82.9 Å². The quantitative estimate of drug-likeness (QED) is 0.372. The molecule has 14 heteroatoms. The minimum atomic E-state index is -3.77. The number of benzene rings is 2. The normalized spacial score (nSPS) is 33.2. The number of fused-ring (bicyclic) bond motifs is 5. The molecule has 2 bridgehead atoms. The number of aryl methyl sites for hydroxylation is 3. The summed E-state index contributed by atoms with van der Waals surface area (Å²) < 4.78 is 47.6. The summed E-state index contributed by atoms with van der Waals surface area (Å²) >= 11 is 0. The lowest BCUT2D eigenvalue weighted by molar-refractivity contribution is -0.106. The highest BCUT2D eigenvalue weighted by Gasteiger charge is 2.47. The third kappa shape index (κ3) is 7.26. The van der Waals surface area contributed by atoms with Crippen molar-refractivity contribution in [3.63, 3.8) is 0 Å². The van der Waals surface area contributed by atoms with E-state index in [-0.39, 0.29) is 46.1 Å². The number of methoxy groups -OCH3 is 2. The van der Waals surface area contributed by atoms with Gasteiger partial charge in [0.25, 0.3) is 11.8 Å². The van der Waals surface area contributed by atoms with Gasteiger partial charge in [-0.1, -0.05) is 30.7 Å². The fourth-order valence-electron chi connectivity index (χ4n) is 10.0. The van der Waals surface area contributed by atoms with Gasteiger partial charge in [0.1, 0.15) is 21.2 Å². The van der Waals surface area contributed by atoms with Crippen LogP contribution < -0.4 is 19.1 Å². The summed E-state index contributed by atoms with van der Waals surface area (Å²) in [4.78, 5) is 30.4. The number of rotatable bonds is 4. The van der Waals surface area contributed by atoms with Crippen molar-refractivity contribution in [2.24, 2.45) is 35.1 Å². The maximum absolute atomic E-state index is 15.0. The molecule has 9 atom stereocenters. The van der Waals surface area contributed by atoms with Crippen LogP contribution in [0.5, 0.6) is 11.6 Å². The van der Waals surface area contributed by atoms with Crippen LogP contribution in [0, 0.1) is 30.6 Å². The fraction of sp³-hybridized carbons (Fsp3) is 0.585. The average Bonchev–Trinajstić information content (AvgIpc) is 3.67. The Morgan fingerprint density at radius 3 is 2.73 bits per heavy atom. The topological polar surface area (TPSA) is 154 Å². The van der Waals surface area contributed by atoms with E-state index in [1.165, 1.54) is 34.7 Å². The summed E-state index contributed by atoms with van der Waals surface area (Å²) in [5.41, 5.74) is 4.81. The predicted molar refractivity (Wildman–Crippen MR) is 207 cm³/mol. The Labute approximate surface area is 323 Å². The van der Waals surface area contributed by atoms with E-state index in [0.717, 1.165) is 44.3 Å². The molecule has 3 aromatic rings. The lowest BCUT2D eigenvalue weighted by atomic mass is 9.67. The van der Waals surface area contributed by atoms with Crippen molar-refractivity contribution in [3.8, 4) is 11.6 Å². The van der Waals surface area contributed by atoms with Crippen molar-refractivity contribution in [1.82, 2.24) is 14.5 Å². The van der Waals surface area contributed by atoms with E-state index in [1.807, 2.05) is 19.1 Å². The number of nitrogens with zero attached hydrogens (tertiary/aromatic N) is 4. The Hall–Kier alpha value is -3.98. The van der Waals surface area contributed by atoms with Crippen molar-refractivity contribution in [3.05, 3.63) is 70.4 Å². The Kier molecular flexibility index (Phi) is 10.2. The zero-order chi connectivity index (χ0) is 38.6. The molecule has 296 valence electrons. The van der Waals surface area contributed by atoms with Gasteiger partial charge in [0, 0.05) is 50.8 Å². The van der Waals surface area contributed by atoms with E-state index < -0.39 is 40.0 Å². The highest BCUT2D eigenvalue weighted by molar-refractivity contribution is 7.92. The average molecular weight is 776 g/mol. The molecule has 2 aliphatic carbocycles. The lowest BCUT2D eigenvalue weighted by Crippen LogP contribution is -2.50. The van der Waals surface area contributed by atoms with Crippen LogP contribution in [0.2, 0.25) is 0 Å². The first-order chi connectivity index (χ1) is 26.4.